The van der Waals surface area contributed by atoms with Crippen LogP contribution in [0.25, 0.3) is 22.2 Å². The van der Waals surface area contributed by atoms with Gasteiger partial charge in [-0.1, -0.05) is 24.6 Å². The fourth-order valence-electron chi connectivity index (χ4n) is 5.32. The molecule has 42 heavy (non-hydrogen) atoms. The van der Waals surface area contributed by atoms with Crippen molar-refractivity contribution in [1.82, 2.24) is 19.7 Å². The predicted molar refractivity (Wildman–Crippen MR) is 146 cm³/mol. The average Bonchev–Trinajstić information content (AvgIpc) is 3.48. The lowest BCUT2D eigenvalue weighted by atomic mass is 9.89. The molecule has 0 spiro atoms. The zero-order valence-electron chi connectivity index (χ0n) is 22.7. The van der Waals surface area contributed by atoms with E-state index in [-0.39, 0.29) is 48.1 Å². The zero-order valence-corrected chi connectivity index (χ0v) is 22.7. The number of hydrogen-bond donors (Lipinski definition) is 3. The number of unbranched alkanes of at least 4 members (excludes halogenated alkanes) is 1. The summed E-state index contributed by atoms with van der Waals surface area (Å²) in [6.07, 6.45) is 2.52. The third kappa shape index (κ3) is 5.03. The number of hydrogen-bond acceptors (Lipinski definition) is 7. The van der Waals surface area contributed by atoms with Crippen molar-refractivity contribution in [1.29, 1.82) is 0 Å². The second-order valence-electron chi connectivity index (χ2n) is 10.8. The fourth-order valence-corrected chi connectivity index (χ4v) is 5.32. The Kier molecular flexibility index (Phi) is 7.03. The molecule has 2 fully saturated rings. The monoisotopic (exact) mass is 587 g/mol. The third-order valence-electron chi connectivity index (χ3n) is 8.01. The molecule has 2 aliphatic carbocycles. The first kappa shape index (κ1) is 27.9. The molecule has 14 heteroatoms. The molecule has 4 N–H and O–H groups in total. The van der Waals surface area contributed by atoms with Crippen molar-refractivity contribution >= 4 is 34.5 Å². The Bertz CT molecular complexity index is 1620. The van der Waals surface area contributed by atoms with E-state index >= 15 is 4.39 Å². The van der Waals surface area contributed by atoms with Crippen LogP contribution in [0.15, 0.2) is 41.3 Å². The minimum Gasteiger partial charge on any atom is -0.383 e. The van der Waals surface area contributed by atoms with Gasteiger partial charge in [-0.2, -0.15) is 13.2 Å². The van der Waals surface area contributed by atoms with Crippen LogP contribution in [-0.2, 0) is 10.2 Å². The minimum absolute atomic E-state index is 0.0999. The molecule has 0 saturated heterocycles. The molecule has 10 nitrogen and oxygen atoms in total. The van der Waals surface area contributed by atoms with Gasteiger partial charge < -0.3 is 24.9 Å². The van der Waals surface area contributed by atoms with E-state index in [9.17, 15) is 18.0 Å². The number of benzene rings is 1. The lowest BCUT2D eigenvalue weighted by Gasteiger charge is -2.36. The molecule has 0 unspecified atom stereocenters. The summed E-state index contributed by atoms with van der Waals surface area (Å²) >= 11 is 0. The van der Waals surface area contributed by atoms with Crippen molar-refractivity contribution in [3.05, 3.63) is 48.3 Å². The van der Waals surface area contributed by atoms with Gasteiger partial charge in [-0.15, -0.1) is 0 Å². The zero-order chi connectivity index (χ0) is 29.6. The highest BCUT2D eigenvalue weighted by molar-refractivity contribution is 6.02. The maximum atomic E-state index is 15.2. The number of fused-ring (bicyclic) bond motifs is 1. The van der Waals surface area contributed by atoms with Crippen molar-refractivity contribution in [3.63, 3.8) is 0 Å². The van der Waals surface area contributed by atoms with Crippen LogP contribution in [0.5, 0.6) is 0 Å². The van der Waals surface area contributed by atoms with Gasteiger partial charge in [0.15, 0.2) is 0 Å². The number of rotatable bonds is 9. The molecule has 0 bridgehead atoms. The van der Waals surface area contributed by atoms with Crippen molar-refractivity contribution in [2.75, 3.05) is 23.0 Å². The summed E-state index contributed by atoms with van der Waals surface area (Å²) < 4.78 is 68.0. The van der Waals surface area contributed by atoms with E-state index in [1.165, 1.54) is 18.5 Å². The number of anilines is 3. The second kappa shape index (κ2) is 10.6. The van der Waals surface area contributed by atoms with Gasteiger partial charge in [0.05, 0.1) is 17.2 Å². The number of carbonyl (C=O) groups excluding carboxylic acids is 1. The summed E-state index contributed by atoms with van der Waals surface area (Å²) in [5.74, 6) is -0.762. The molecular formula is C28H29F4N7O3. The number of aromatic nitrogens is 4. The highest BCUT2D eigenvalue weighted by atomic mass is 19.4. The van der Waals surface area contributed by atoms with Gasteiger partial charge in [0.1, 0.15) is 34.7 Å². The number of alkyl halides is 3. The van der Waals surface area contributed by atoms with E-state index in [0.29, 0.717) is 22.2 Å². The van der Waals surface area contributed by atoms with E-state index in [2.05, 4.69) is 32.7 Å². The molecular weight excluding hydrogens is 558 g/mol. The smallest absolute Gasteiger partial charge is 0.383 e. The number of ether oxygens (including phenoxy) is 1. The highest BCUT2D eigenvalue weighted by Gasteiger charge is 2.66. The summed E-state index contributed by atoms with van der Waals surface area (Å²) in [4.78, 5) is 21.0. The Balaban J connectivity index is 1.17. The first-order valence-corrected chi connectivity index (χ1v) is 13.7. The Morgan fingerprint density at radius 2 is 2.00 bits per heavy atom. The molecule has 222 valence electrons. The molecule has 2 amide bonds. The largest absolute Gasteiger partial charge is 0.400 e. The van der Waals surface area contributed by atoms with Gasteiger partial charge in [0, 0.05) is 30.5 Å². The van der Waals surface area contributed by atoms with Gasteiger partial charge >= 0.3 is 12.2 Å². The Hall–Kier alpha value is -4.20. The fraction of sp³-hybridized carbons (Fsp3) is 0.429. The maximum Gasteiger partial charge on any atom is 0.400 e. The molecule has 0 atom stereocenters. The lowest BCUT2D eigenvalue weighted by Crippen LogP contribution is -2.33. The molecule has 6 rings (SSSR count). The molecule has 2 aliphatic rings. The van der Waals surface area contributed by atoms with E-state index in [0.717, 1.165) is 38.4 Å². The first-order valence-electron chi connectivity index (χ1n) is 13.7. The molecule has 2 saturated carbocycles. The standard InChI is InChI=1S/C28H29F4N7O3/c1-2-3-8-41-17-10-16(11-17)39-13-18(23-24(33)34-14-35-25(23)39)15-4-5-20(19(29)9-15)36-26(40)37-22-12-21(38-42-22)27(6-7-27)28(30,31)32/h4-5,9,12-14,16-17H,2-3,6-8,10-11H2,1H3,(H2,33,34,35)(H2,36,37,40). The predicted octanol–water partition coefficient (Wildman–Crippen LogP) is 6.57. The Labute approximate surface area is 237 Å². The average molecular weight is 588 g/mol. The van der Waals surface area contributed by atoms with Crippen LogP contribution in [0.1, 0.15) is 57.2 Å². The van der Waals surface area contributed by atoms with Crippen LogP contribution in [0.4, 0.5) is 39.7 Å². The number of amides is 2. The van der Waals surface area contributed by atoms with Gasteiger partial charge in [-0.25, -0.2) is 19.2 Å². The van der Waals surface area contributed by atoms with Crippen molar-refractivity contribution in [2.45, 2.75) is 69.2 Å². The Morgan fingerprint density at radius 1 is 1.21 bits per heavy atom. The summed E-state index contributed by atoms with van der Waals surface area (Å²) in [5.41, 5.74) is 5.50. The van der Waals surface area contributed by atoms with Crippen LogP contribution >= 0.6 is 0 Å². The van der Waals surface area contributed by atoms with Gasteiger partial charge in [0.25, 0.3) is 0 Å². The van der Waals surface area contributed by atoms with Crippen LogP contribution in [0.2, 0.25) is 0 Å². The number of nitrogens with one attached hydrogen (secondary N) is 2. The topological polar surface area (TPSA) is 133 Å². The molecule has 3 heterocycles. The number of carbonyl (C=O) groups is 1. The molecule has 4 aromatic rings. The number of nitrogens with zero attached hydrogens (tertiary/aromatic N) is 4. The van der Waals surface area contributed by atoms with E-state index in [4.69, 9.17) is 15.0 Å². The number of nitrogen functional groups attached to an aromatic ring is 1. The SMILES string of the molecule is CCCCOC1CC(n2cc(-c3ccc(NC(=O)Nc4cc(C5(C(F)(F)F)CC5)no4)c(F)c3)c3c(N)ncnc32)C1. The molecule has 0 aliphatic heterocycles. The van der Waals surface area contributed by atoms with Crippen molar-refractivity contribution < 1.29 is 31.6 Å². The molecule has 0 radical (unpaired) electrons. The lowest BCUT2D eigenvalue weighted by molar-refractivity contribution is -0.161. The highest BCUT2D eigenvalue weighted by Crippen LogP contribution is 2.58. The van der Waals surface area contributed by atoms with Crippen LogP contribution in [0.3, 0.4) is 0 Å². The number of nitrogens with two attached hydrogens (primary N) is 1. The van der Waals surface area contributed by atoms with Crippen LogP contribution in [0, 0.1) is 5.82 Å². The summed E-state index contributed by atoms with van der Waals surface area (Å²) in [7, 11) is 0. The molecule has 1 aromatic carbocycles. The van der Waals surface area contributed by atoms with Gasteiger partial charge in [-0.05, 0) is 49.8 Å². The molecule has 3 aromatic heterocycles. The quantitative estimate of drug-likeness (QED) is 0.149. The van der Waals surface area contributed by atoms with Gasteiger partial charge in [-0.3, -0.25) is 5.32 Å². The summed E-state index contributed by atoms with van der Waals surface area (Å²) in [5, 5.41) is 8.67. The van der Waals surface area contributed by atoms with E-state index in [1.807, 2.05) is 10.8 Å². The summed E-state index contributed by atoms with van der Waals surface area (Å²) in [6.45, 7) is 2.85. The number of urea groups is 1. The van der Waals surface area contributed by atoms with Crippen LogP contribution in [-0.4, -0.2) is 44.6 Å². The maximum absolute atomic E-state index is 15.2. The van der Waals surface area contributed by atoms with Crippen molar-refractivity contribution in [3.8, 4) is 11.1 Å². The van der Waals surface area contributed by atoms with Gasteiger partial charge in [0.2, 0.25) is 5.88 Å². The Morgan fingerprint density at radius 3 is 2.69 bits per heavy atom. The van der Waals surface area contributed by atoms with Crippen LogP contribution < -0.4 is 16.4 Å². The second-order valence-corrected chi connectivity index (χ2v) is 10.8. The first-order chi connectivity index (χ1) is 20.1. The van der Waals surface area contributed by atoms with Crippen molar-refractivity contribution in [2.24, 2.45) is 0 Å². The van der Waals surface area contributed by atoms with E-state index < -0.39 is 23.4 Å². The normalized spacial score (nSPS) is 19.5. The summed E-state index contributed by atoms with van der Waals surface area (Å²) in [6, 6.07) is 4.53. The third-order valence-corrected chi connectivity index (χ3v) is 8.01. The number of halogens is 4. The minimum atomic E-state index is -4.47. The van der Waals surface area contributed by atoms with E-state index in [1.54, 1.807) is 6.07 Å².